The Morgan fingerprint density at radius 3 is 2.33 bits per heavy atom. The van der Waals surface area contributed by atoms with E-state index in [0.29, 0.717) is 29.4 Å². The van der Waals surface area contributed by atoms with E-state index < -0.39 is 5.97 Å². The van der Waals surface area contributed by atoms with Gasteiger partial charge in [-0.05, 0) is 36.6 Å². The number of methoxy groups -OCH3 is 3. The third-order valence-corrected chi connectivity index (χ3v) is 3.47. The van der Waals surface area contributed by atoms with E-state index in [-0.39, 0.29) is 0 Å². The first-order valence-corrected chi connectivity index (χ1v) is 7.55. The van der Waals surface area contributed by atoms with Gasteiger partial charge in [0.15, 0.2) is 11.5 Å². The Morgan fingerprint density at radius 2 is 1.79 bits per heavy atom. The van der Waals surface area contributed by atoms with Crippen LogP contribution in [0, 0.1) is 0 Å². The minimum absolute atomic E-state index is 0.324. The minimum atomic E-state index is -0.430. The van der Waals surface area contributed by atoms with E-state index in [1.807, 2.05) is 12.1 Å². The molecule has 0 aliphatic heterocycles. The number of rotatable bonds is 8. The number of aromatic nitrogens is 1. The molecule has 0 amide bonds. The molecule has 0 aliphatic rings. The van der Waals surface area contributed by atoms with Gasteiger partial charge in [-0.2, -0.15) is 0 Å². The number of carbonyl (C=O) groups is 1. The molecule has 0 saturated carbocycles. The number of pyridine rings is 1. The van der Waals surface area contributed by atoms with Crippen molar-refractivity contribution in [1.82, 2.24) is 4.98 Å². The quantitative estimate of drug-likeness (QED) is 0.547. The van der Waals surface area contributed by atoms with Gasteiger partial charge < -0.3 is 18.9 Å². The molecule has 2 aromatic rings. The first kappa shape index (κ1) is 17.6. The van der Waals surface area contributed by atoms with Crippen molar-refractivity contribution in [2.75, 3.05) is 27.9 Å². The summed E-state index contributed by atoms with van der Waals surface area (Å²) in [5.74, 6) is 0.840. The van der Waals surface area contributed by atoms with Crippen LogP contribution in [-0.4, -0.2) is 38.9 Å². The fraction of sp³-hybridized carbons (Fsp3) is 0.333. The molecule has 0 N–H and O–H groups in total. The molecule has 128 valence electrons. The van der Waals surface area contributed by atoms with Crippen LogP contribution in [0.3, 0.4) is 0 Å². The van der Waals surface area contributed by atoms with E-state index in [0.717, 1.165) is 18.4 Å². The third kappa shape index (κ3) is 4.38. The Labute approximate surface area is 141 Å². The lowest BCUT2D eigenvalue weighted by atomic mass is 10.1. The zero-order valence-corrected chi connectivity index (χ0v) is 14.1. The van der Waals surface area contributed by atoms with E-state index in [4.69, 9.17) is 18.9 Å². The molecule has 1 aromatic heterocycles. The van der Waals surface area contributed by atoms with Crippen LogP contribution in [0.4, 0.5) is 0 Å². The van der Waals surface area contributed by atoms with Crippen LogP contribution in [0.25, 0.3) is 0 Å². The number of carbonyl (C=O) groups excluding carboxylic acids is 1. The fourth-order valence-electron chi connectivity index (χ4n) is 2.27. The summed E-state index contributed by atoms with van der Waals surface area (Å²) in [7, 11) is 4.51. The standard InChI is InChI=1S/C18H21NO5/c1-21-15-10-14(11-16(22-2)17(15)23-3)18(20)24-9-5-7-13-6-4-8-19-12-13/h4,6,8,10-12H,5,7,9H2,1-3H3. The molecule has 0 fully saturated rings. The van der Waals surface area contributed by atoms with E-state index in [9.17, 15) is 4.79 Å². The van der Waals surface area contributed by atoms with Crippen LogP contribution in [0.15, 0.2) is 36.7 Å². The molecular formula is C18H21NO5. The van der Waals surface area contributed by atoms with E-state index in [1.165, 1.54) is 21.3 Å². The number of hydrogen-bond donors (Lipinski definition) is 0. The predicted molar refractivity (Wildman–Crippen MR) is 88.9 cm³/mol. The molecule has 0 unspecified atom stereocenters. The van der Waals surface area contributed by atoms with Crippen molar-refractivity contribution in [3.8, 4) is 17.2 Å². The average Bonchev–Trinajstić information content (AvgIpc) is 2.64. The Morgan fingerprint density at radius 1 is 1.08 bits per heavy atom. The number of hydrogen-bond acceptors (Lipinski definition) is 6. The SMILES string of the molecule is COc1cc(C(=O)OCCCc2cccnc2)cc(OC)c1OC. The van der Waals surface area contributed by atoms with Crippen LogP contribution in [0.2, 0.25) is 0 Å². The minimum Gasteiger partial charge on any atom is -0.493 e. The topological polar surface area (TPSA) is 66.9 Å². The second-order valence-electron chi connectivity index (χ2n) is 5.01. The molecule has 6 heteroatoms. The van der Waals surface area contributed by atoms with Gasteiger partial charge >= 0.3 is 5.97 Å². The first-order chi connectivity index (χ1) is 11.7. The summed E-state index contributed by atoms with van der Waals surface area (Å²) in [5.41, 5.74) is 1.47. The summed E-state index contributed by atoms with van der Waals surface area (Å²) < 4.78 is 21.0. The Kier molecular flexibility index (Phi) is 6.42. The molecule has 0 bridgehead atoms. The summed E-state index contributed by atoms with van der Waals surface area (Å²) >= 11 is 0. The number of nitrogens with zero attached hydrogens (tertiary/aromatic N) is 1. The van der Waals surface area contributed by atoms with E-state index in [2.05, 4.69) is 4.98 Å². The van der Waals surface area contributed by atoms with Gasteiger partial charge in [-0.1, -0.05) is 6.07 Å². The molecule has 0 spiro atoms. The lowest BCUT2D eigenvalue weighted by Gasteiger charge is -2.13. The normalized spacial score (nSPS) is 10.1. The van der Waals surface area contributed by atoms with E-state index >= 15 is 0 Å². The smallest absolute Gasteiger partial charge is 0.338 e. The zero-order chi connectivity index (χ0) is 17.4. The van der Waals surface area contributed by atoms with Gasteiger partial charge in [0.25, 0.3) is 0 Å². The number of benzene rings is 1. The molecule has 0 aliphatic carbocycles. The first-order valence-electron chi connectivity index (χ1n) is 7.55. The Bertz CT molecular complexity index is 647. The second kappa shape index (κ2) is 8.76. The molecule has 24 heavy (non-hydrogen) atoms. The van der Waals surface area contributed by atoms with Crippen LogP contribution in [-0.2, 0) is 11.2 Å². The summed E-state index contributed by atoms with van der Waals surface area (Å²) in [6, 6.07) is 7.03. The zero-order valence-electron chi connectivity index (χ0n) is 14.1. The highest BCUT2D eigenvalue weighted by molar-refractivity contribution is 5.91. The number of aryl methyl sites for hydroxylation is 1. The maximum absolute atomic E-state index is 12.2. The number of ether oxygens (including phenoxy) is 4. The van der Waals surface area contributed by atoms with Gasteiger partial charge in [-0.15, -0.1) is 0 Å². The van der Waals surface area contributed by atoms with Crippen LogP contribution >= 0.6 is 0 Å². The van der Waals surface area contributed by atoms with Gasteiger partial charge in [0.05, 0.1) is 33.5 Å². The molecule has 0 saturated heterocycles. The molecule has 0 atom stereocenters. The predicted octanol–water partition coefficient (Wildman–Crippen LogP) is 2.90. The molecular weight excluding hydrogens is 310 g/mol. The van der Waals surface area contributed by atoms with Crippen molar-refractivity contribution < 1.29 is 23.7 Å². The lowest BCUT2D eigenvalue weighted by molar-refractivity contribution is 0.0499. The molecule has 2 rings (SSSR count). The molecule has 1 heterocycles. The maximum Gasteiger partial charge on any atom is 0.338 e. The third-order valence-electron chi connectivity index (χ3n) is 3.47. The highest BCUT2D eigenvalue weighted by atomic mass is 16.5. The van der Waals surface area contributed by atoms with E-state index in [1.54, 1.807) is 24.5 Å². The van der Waals surface area contributed by atoms with Crippen molar-refractivity contribution in [3.05, 3.63) is 47.8 Å². The highest BCUT2D eigenvalue weighted by Crippen LogP contribution is 2.38. The number of esters is 1. The van der Waals surface area contributed by atoms with Gasteiger partial charge in [0, 0.05) is 12.4 Å². The molecule has 1 aromatic carbocycles. The Hall–Kier alpha value is -2.76. The summed E-state index contributed by atoms with van der Waals surface area (Å²) in [6.07, 6.45) is 5.06. The fourth-order valence-corrected chi connectivity index (χ4v) is 2.27. The lowest BCUT2D eigenvalue weighted by Crippen LogP contribution is -2.08. The van der Waals surface area contributed by atoms with Crippen LogP contribution in [0.1, 0.15) is 22.3 Å². The van der Waals surface area contributed by atoms with Gasteiger partial charge in [-0.25, -0.2) is 4.79 Å². The van der Waals surface area contributed by atoms with Crippen molar-refractivity contribution in [2.24, 2.45) is 0 Å². The van der Waals surface area contributed by atoms with Crippen molar-refractivity contribution >= 4 is 5.97 Å². The monoisotopic (exact) mass is 331 g/mol. The van der Waals surface area contributed by atoms with Crippen LogP contribution < -0.4 is 14.2 Å². The highest BCUT2D eigenvalue weighted by Gasteiger charge is 2.17. The van der Waals surface area contributed by atoms with Gasteiger partial charge in [-0.3, -0.25) is 4.98 Å². The second-order valence-corrected chi connectivity index (χ2v) is 5.01. The van der Waals surface area contributed by atoms with Crippen LogP contribution in [0.5, 0.6) is 17.2 Å². The van der Waals surface area contributed by atoms with Crippen molar-refractivity contribution in [3.63, 3.8) is 0 Å². The van der Waals surface area contributed by atoms with Gasteiger partial charge in [0.2, 0.25) is 5.75 Å². The Balaban J connectivity index is 1.96. The maximum atomic E-state index is 12.2. The average molecular weight is 331 g/mol. The summed E-state index contributed by atoms with van der Waals surface area (Å²) in [4.78, 5) is 16.3. The molecule has 0 radical (unpaired) electrons. The summed E-state index contributed by atoms with van der Waals surface area (Å²) in [6.45, 7) is 0.324. The van der Waals surface area contributed by atoms with Crippen molar-refractivity contribution in [1.29, 1.82) is 0 Å². The van der Waals surface area contributed by atoms with Crippen molar-refractivity contribution in [2.45, 2.75) is 12.8 Å². The molecule has 6 nitrogen and oxygen atoms in total. The van der Waals surface area contributed by atoms with Gasteiger partial charge in [0.1, 0.15) is 0 Å². The summed E-state index contributed by atoms with van der Waals surface area (Å²) in [5, 5.41) is 0. The largest absolute Gasteiger partial charge is 0.493 e.